The molecule has 0 saturated carbocycles. The van der Waals surface area contributed by atoms with Gasteiger partial charge in [-0.25, -0.2) is 13.2 Å². The van der Waals surface area contributed by atoms with Crippen LogP contribution in [0, 0.1) is 11.3 Å². The Hall–Kier alpha value is -4.72. The van der Waals surface area contributed by atoms with Gasteiger partial charge in [-0.15, -0.1) is 0 Å². The van der Waals surface area contributed by atoms with Crippen LogP contribution in [-0.4, -0.2) is 44.3 Å². The summed E-state index contributed by atoms with van der Waals surface area (Å²) in [5, 5.41) is 12.5. The van der Waals surface area contributed by atoms with Crippen LogP contribution in [0.4, 0.5) is 5.88 Å². The smallest absolute Gasteiger partial charge is 0.338 e. The molecule has 1 aromatic heterocycles. The molecule has 4 rings (SSSR count). The molecule has 9 nitrogen and oxygen atoms in total. The van der Waals surface area contributed by atoms with Crippen LogP contribution in [0.2, 0.25) is 0 Å². The van der Waals surface area contributed by atoms with Crippen molar-refractivity contribution in [1.29, 1.82) is 5.26 Å². The van der Waals surface area contributed by atoms with Crippen molar-refractivity contribution < 1.29 is 27.2 Å². The van der Waals surface area contributed by atoms with Crippen molar-refractivity contribution in [2.75, 3.05) is 25.0 Å². The van der Waals surface area contributed by atoms with E-state index in [1.165, 1.54) is 28.6 Å². The van der Waals surface area contributed by atoms with E-state index in [0.29, 0.717) is 16.9 Å². The maximum absolute atomic E-state index is 12.8. The Bertz CT molecular complexity index is 1650. The van der Waals surface area contributed by atoms with Crippen LogP contribution in [0.25, 0.3) is 22.5 Å². The van der Waals surface area contributed by atoms with Gasteiger partial charge < -0.3 is 9.15 Å². The molecule has 10 heteroatoms. The normalized spacial score (nSPS) is 11.2. The second-order valence-electron chi connectivity index (χ2n) is 8.60. The zero-order chi connectivity index (χ0) is 28.7. The summed E-state index contributed by atoms with van der Waals surface area (Å²) in [4.78, 5) is 25.3. The van der Waals surface area contributed by atoms with Gasteiger partial charge in [0.2, 0.25) is 15.9 Å². The zero-order valence-electron chi connectivity index (χ0n) is 22.0. The van der Waals surface area contributed by atoms with Crippen molar-refractivity contribution in [2.24, 2.45) is 0 Å². The lowest BCUT2D eigenvalue weighted by Gasteiger charge is -2.18. The second-order valence-corrected chi connectivity index (χ2v) is 10.5. The molecule has 0 saturated heterocycles. The van der Waals surface area contributed by atoms with Gasteiger partial charge >= 0.3 is 5.97 Å². The predicted molar refractivity (Wildman–Crippen MR) is 150 cm³/mol. The highest BCUT2D eigenvalue weighted by Crippen LogP contribution is 2.41. The number of carbonyl (C=O) groups is 2. The molecule has 0 atom stereocenters. The van der Waals surface area contributed by atoms with E-state index >= 15 is 0 Å². The third-order valence-electron chi connectivity index (χ3n) is 6.12. The number of carbonyl (C=O) groups excluding carboxylic acids is 2. The van der Waals surface area contributed by atoms with Crippen molar-refractivity contribution in [3.63, 3.8) is 0 Å². The highest BCUT2D eigenvalue weighted by atomic mass is 32.2. The molecule has 0 aliphatic carbocycles. The number of hydrogen-bond donors (Lipinski definition) is 1. The Morgan fingerprint density at radius 3 is 2.15 bits per heavy atom. The van der Waals surface area contributed by atoms with Crippen LogP contribution in [-0.2, 0) is 19.6 Å². The number of ether oxygens (including phenoxy) is 1. The van der Waals surface area contributed by atoms with Crippen LogP contribution in [0.1, 0.15) is 29.8 Å². The van der Waals surface area contributed by atoms with E-state index in [1.807, 2.05) is 60.7 Å². The van der Waals surface area contributed by atoms with Crippen LogP contribution in [0.5, 0.6) is 0 Å². The summed E-state index contributed by atoms with van der Waals surface area (Å²) in [6.07, 6.45) is 0. The quantitative estimate of drug-likeness (QED) is 0.262. The minimum Gasteiger partial charge on any atom is -0.452 e. The van der Waals surface area contributed by atoms with E-state index in [4.69, 9.17) is 9.15 Å². The molecule has 0 spiro atoms. The fraction of sp³-hybridized carbons (Fsp3) is 0.167. The van der Waals surface area contributed by atoms with E-state index in [2.05, 4.69) is 11.4 Å². The molecular weight excluding hydrogens is 530 g/mol. The molecule has 4 aromatic rings. The minimum absolute atomic E-state index is 0.0190. The van der Waals surface area contributed by atoms with Crippen LogP contribution < -0.4 is 5.32 Å². The number of rotatable bonds is 10. The molecular formula is C30H27N3O6S. The molecule has 0 aliphatic rings. The number of esters is 1. The number of furan rings is 1. The fourth-order valence-corrected chi connectivity index (χ4v) is 5.68. The van der Waals surface area contributed by atoms with E-state index in [0.717, 1.165) is 5.56 Å². The summed E-state index contributed by atoms with van der Waals surface area (Å²) in [7, 11) is -3.78. The number of benzene rings is 3. The monoisotopic (exact) mass is 557 g/mol. The van der Waals surface area contributed by atoms with Gasteiger partial charge in [0.05, 0.1) is 10.5 Å². The molecule has 40 heavy (non-hydrogen) atoms. The third kappa shape index (κ3) is 5.96. The van der Waals surface area contributed by atoms with Crippen molar-refractivity contribution >= 4 is 27.8 Å². The first-order valence-corrected chi connectivity index (χ1v) is 14.0. The highest BCUT2D eigenvalue weighted by molar-refractivity contribution is 7.89. The SMILES string of the molecule is CCN(CC)S(=O)(=O)c1cccc(C(=O)OCC(=O)Nc2oc(-c3ccccc3)c(-c3ccccc3)c2C#N)c1. The Balaban J connectivity index is 1.54. The number of hydrogen-bond acceptors (Lipinski definition) is 7. The summed E-state index contributed by atoms with van der Waals surface area (Å²) in [6, 6.07) is 25.9. The molecule has 0 unspecified atom stereocenters. The van der Waals surface area contributed by atoms with Gasteiger partial charge in [-0.05, 0) is 23.8 Å². The Labute approximate surface area is 232 Å². The molecule has 0 aliphatic heterocycles. The summed E-state index contributed by atoms with van der Waals surface area (Å²) in [6.45, 7) is 3.32. The van der Waals surface area contributed by atoms with Crippen molar-refractivity contribution in [3.8, 4) is 28.5 Å². The van der Waals surface area contributed by atoms with Gasteiger partial charge in [0.15, 0.2) is 6.61 Å². The maximum Gasteiger partial charge on any atom is 0.338 e. The van der Waals surface area contributed by atoms with Crippen molar-refractivity contribution in [1.82, 2.24) is 4.31 Å². The number of amides is 1. The van der Waals surface area contributed by atoms with E-state index in [9.17, 15) is 23.3 Å². The molecule has 3 aromatic carbocycles. The average Bonchev–Trinajstić information content (AvgIpc) is 3.35. The van der Waals surface area contributed by atoms with E-state index in [-0.39, 0.29) is 35.0 Å². The molecule has 0 radical (unpaired) electrons. The van der Waals surface area contributed by atoms with Gasteiger partial charge in [0.1, 0.15) is 17.4 Å². The molecule has 204 valence electrons. The largest absolute Gasteiger partial charge is 0.452 e. The topological polar surface area (TPSA) is 130 Å². The molecule has 0 fully saturated rings. The Kier molecular flexibility index (Phi) is 8.79. The van der Waals surface area contributed by atoms with Crippen LogP contribution >= 0.6 is 0 Å². The molecule has 0 bridgehead atoms. The fourth-order valence-electron chi connectivity index (χ4n) is 4.17. The average molecular weight is 558 g/mol. The van der Waals surface area contributed by atoms with Crippen LogP contribution in [0.3, 0.4) is 0 Å². The molecule has 1 heterocycles. The van der Waals surface area contributed by atoms with Crippen LogP contribution in [0.15, 0.2) is 94.2 Å². The lowest BCUT2D eigenvalue weighted by Crippen LogP contribution is -2.30. The lowest BCUT2D eigenvalue weighted by atomic mass is 9.98. The summed E-state index contributed by atoms with van der Waals surface area (Å²) in [5.41, 5.74) is 2.07. The Morgan fingerprint density at radius 2 is 1.55 bits per heavy atom. The standard InChI is InChI=1S/C30H27N3O6S/c1-3-33(4-2)40(36,37)24-17-11-16-23(18-24)30(35)38-20-26(34)32-29-25(19-31)27(21-12-7-5-8-13-21)28(39-29)22-14-9-6-10-15-22/h5-18H,3-4,20H2,1-2H3,(H,32,34). The number of nitrogens with zero attached hydrogens (tertiary/aromatic N) is 2. The number of nitrogens with one attached hydrogen (secondary N) is 1. The minimum atomic E-state index is -3.78. The molecule has 1 amide bonds. The van der Waals surface area contributed by atoms with Crippen molar-refractivity contribution in [3.05, 3.63) is 96.1 Å². The molecule has 1 N–H and O–H groups in total. The first-order valence-electron chi connectivity index (χ1n) is 12.5. The van der Waals surface area contributed by atoms with E-state index < -0.39 is 28.5 Å². The second kappa shape index (κ2) is 12.4. The number of sulfonamides is 1. The first kappa shape index (κ1) is 28.3. The van der Waals surface area contributed by atoms with Crippen molar-refractivity contribution in [2.45, 2.75) is 18.7 Å². The predicted octanol–water partition coefficient (Wildman–Crippen LogP) is 5.31. The number of nitriles is 1. The summed E-state index contributed by atoms with van der Waals surface area (Å²) in [5.74, 6) is -1.28. The Morgan fingerprint density at radius 1 is 0.925 bits per heavy atom. The van der Waals surface area contributed by atoms with Gasteiger partial charge in [0, 0.05) is 24.2 Å². The summed E-state index contributed by atoms with van der Waals surface area (Å²) < 4.78 is 38.0. The first-order chi connectivity index (χ1) is 19.3. The number of anilines is 1. The summed E-state index contributed by atoms with van der Waals surface area (Å²) >= 11 is 0. The highest BCUT2D eigenvalue weighted by Gasteiger charge is 2.25. The van der Waals surface area contributed by atoms with Gasteiger partial charge in [-0.2, -0.15) is 9.57 Å². The van der Waals surface area contributed by atoms with Gasteiger partial charge in [0.25, 0.3) is 5.91 Å². The van der Waals surface area contributed by atoms with E-state index in [1.54, 1.807) is 13.8 Å². The maximum atomic E-state index is 12.8. The lowest BCUT2D eigenvalue weighted by molar-refractivity contribution is -0.119. The van der Waals surface area contributed by atoms with Gasteiger partial charge in [-0.3, -0.25) is 10.1 Å². The zero-order valence-corrected chi connectivity index (χ0v) is 22.8. The van der Waals surface area contributed by atoms with Gasteiger partial charge in [-0.1, -0.05) is 80.6 Å². The third-order valence-corrected chi connectivity index (χ3v) is 8.16.